The highest BCUT2D eigenvalue weighted by Crippen LogP contribution is 2.25. The Balaban J connectivity index is 2.24. The molecule has 0 fully saturated rings. The van der Waals surface area contributed by atoms with Crippen LogP contribution in [0.15, 0.2) is 41.3 Å². The Morgan fingerprint density at radius 2 is 1.72 bits per heavy atom. The van der Waals surface area contributed by atoms with E-state index in [1.165, 1.54) is 6.20 Å². The zero-order valence-corrected chi connectivity index (χ0v) is 14.5. The van der Waals surface area contributed by atoms with E-state index in [0.29, 0.717) is 10.9 Å². The Bertz CT molecular complexity index is 1010. The molecule has 0 spiro atoms. The van der Waals surface area contributed by atoms with E-state index in [1.807, 2.05) is 12.1 Å². The van der Waals surface area contributed by atoms with Crippen LogP contribution in [0, 0.1) is 0 Å². The molecule has 3 rings (SSSR count). The summed E-state index contributed by atoms with van der Waals surface area (Å²) in [6.07, 6.45) is 3.09. The number of hydrogen-bond acceptors (Lipinski definition) is 3. The third-order valence-corrected chi connectivity index (χ3v) is 4.41. The highest BCUT2D eigenvalue weighted by Gasteiger charge is 2.14. The largest absolute Gasteiger partial charge is 0.477 e. The number of fused-ring (bicyclic) bond motifs is 1. The van der Waals surface area contributed by atoms with Crippen LogP contribution in [0.25, 0.3) is 22.0 Å². The van der Waals surface area contributed by atoms with Crippen LogP contribution in [0.1, 0.15) is 35.6 Å². The maximum absolute atomic E-state index is 12.4. The van der Waals surface area contributed by atoms with E-state index in [9.17, 15) is 14.7 Å². The third-order valence-electron chi connectivity index (χ3n) is 4.41. The topological polar surface area (TPSA) is 72.2 Å². The first-order chi connectivity index (χ1) is 11.9. The first kappa shape index (κ1) is 16.9. The third kappa shape index (κ3) is 3.05. The molecule has 0 bridgehead atoms. The van der Waals surface area contributed by atoms with Crippen LogP contribution in [-0.2, 0) is 19.9 Å². The zero-order chi connectivity index (χ0) is 18.1. The van der Waals surface area contributed by atoms with E-state index in [0.717, 1.165) is 35.4 Å². The van der Waals surface area contributed by atoms with Crippen LogP contribution in [0.3, 0.4) is 0 Å². The maximum Gasteiger partial charge on any atom is 0.341 e. The lowest BCUT2D eigenvalue weighted by molar-refractivity contribution is 0.0695. The number of carbonyl (C=O) groups is 1. The van der Waals surface area contributed by atoms with Crippen molar-refractivity contribution in [2.75, 3.05) is 0 Å². The van der Waals surface area contributed by atoms with Crippen molar-refractivity contribution in [3.05, 3.63) is 63.7 Å². The second kappa shape index (κ2) is 6.51. The van der Waals surface area contributed by atoms with Crippen LogP contribution in [0.2, 0.25) is 0 Å². The molecule has 25 heavy (non-hydrogen) atoms. The van der Waals surface area contributed by atoms with Gasteiger partial charge in [-0.3, -0.25) is 9.78 Å². The van der Waals surface area contributed by atoms with Crippen molar-refractivity contribution in [1.82, 2.24) is 9.55 Å². The molecule has 2 heterocycles. The van der Waals surface area contributed by atoms with Gasteiger partial charge in [-0.05, 0) is 48.2 Å². The summed E-state index contributed by atoms with van der Waals surface area (Å²) in [4.78, 5) is 28.2. The van der Waals surface area contributed by atoms with Crippen LogP contribution in [0.5, 0.6) is 0 Å². The van der Waals surface area contributed by atoms with E-state index in [-0.39, 0.29) is 5.56 Å². The molecule has 0 saturated heterocycles. The van der Waals surface area contributed by atoms with E-state index in [2.05, 4.69) is 31.0 Å². The Morgan fingerprint density at radius 3 is 2.28 bits per heavy atom. The Kier molecular flexibility index (Phi) is 4.40. The predicted octanol–water partition coefficient (Wildman–Crippen LogP) is 3.42. The van der Waals surface area contributed by atoms with Gasteiger partial charge < -0.3 is 9.67 Å². The van der Waals surface area contributed by atoms with Crippen LogP contribution >= 0.6 is 0 Å². The molecule has 0 unspecified atom stereocenters. The van der Waals surface area contributed by atoms with Gasteiger partial charge in [-0.15, -0.1) is 0 Å². The first-order valence-electron chi connectivity index (χ1n) is 8.31. The summed E-state index contributed by atoms with van der Waals surface area (Å²) >= 11 is 0. The molecular weight excluding hydrogens is 316 g/mol. The quantitative estimate of drug-likeness (QED) is 0.792. The fourth-order valence-corrected chi connectivity index (χ4v) is 2.99. The predicted molar refractivity (Wildman–Crippen MR) is 98.1 cm³/mol. The summed E-state index contributed by atoms with van der Waals surface area (Å²) in [7, 11) is 1.75. The summed E-state index contributed by atoms with van der Waals surface area (Å²) in [5.74, 6) is -1.21. The van der Waals surface area contributed by atoms with E-state index in [1.54, 1.807) is 17.7 Å². The number of aryl methyl sites for hydroxylation is 3. The van der Waals surface area contributed by atoms with E-state index < -0.39 is 11.4 Å². The SMILES string of the molecule is CCc1cc(-c2ccc3c(=O)c(C(=O)O)cn(C)c3c2)cc(CC)n1. The molecular formula is C20H20N2O3. The molecule has 0 atom stereocenters. The fourth-order valence-electron chi connectivity index (χ4n) is 2.99. The normalized spacial score (nSPS) is 11.0. The van der Waals surface area contributed by atoms with Gasteiger partial charge in [-0.1, -0.05) is 19.9 Å². The smallest absolute Gasteiger partial charge is 0.341 e. The summed E-state index contributed by atoms with van der Waals surface area (Å²) in [6, 6.07) is 9.62. The number of pyridine rings is 2. The minimum atomic E-state index is -1.21. The van der Waals surface area contributed by atoms with Gasteiger partial charge in [0.05, 0.1) is 5.52 Å². The molecule has 128 valence electrons. The van der Waals surface area contributed by atoms with Gasteiger partial charge >= 0.3 is 5.97 Å². The highest BCUT2D eigenvalue weighted by molar-refractivity contribution is 5.93. The number of benzene rings is 1. The van der Waals surface area contributed by atoms with Crippen molar-refractivity contribution in [3.8, 4) is 11.1 Å². The second-order valence-corrected chi connectivity index (χ2v) is 6.07. The minimum absolute atomic E-state index is 0.215. The molecule has 0 radical (unpaired) electrons. The van der Waals surface area contributed by atoms with E-state index in [4.69, 9.17) is 0 Å². The van der Waals surface area contributed by atoms with Crippen molar-refractivity contribution in [1.29, 1.82) is 0 Å². The van der Waals surface area contributed by atoms with Crippen molar-refractivity contribution in [2.45, 2.75) is 26.7 Å². The van der Waals surface area contributed by atoms with Gasteiger partial charge in [-0.2, -0.15) is 0 Å². The highest BCUT2D eigenvalue weighted by atomic mass is 16.4. The average Bonchev–Trinajstić information content (AvgIpc) is 2.63. The molecule has 3 aromatic rings. The molecule has 5 nitrogen and oxygen atoms in total. The molecule has 0 amide bonds. The first-order valence-corrected chi connectivity index (χ1v) is 8.31. The van der Waals surface area contributed by atoms with Gasteiger partial charge in [0.2, 0.25) is 5.43 Å². The molecule has 0 aliphatic carbocycles. The monoisotopic (exact) mass is 336 g/mol. The number of nitrogens with zero attached hydrogens (tertiary/aromatic N) is 2. The molecule has 0 aliphatic rings. The van der Waals surface area contributed by atoms with E-state index >= 15 is 0 Å². The van der Waals surface area contributed by atoms with Gasteiger partial charge in [0.15, 0.2) is 0 Å². The Morgan fingerprint density at radius 1 is 1.08 bits per heavy atom. The summed E-state index contributed by atoms with van der Waals surface area (Å²) < 4.78 is 1.69. The molecule has 5 heteroatoms. The number of aromatic carboxylic acids is 1. The van der Waals surface area contributed by atoms with Crippen LogP contribution in [-0.4, -0.2) is 20.6 Å². The van der Waals surface area contributed by atoms with Crippen molar-refractivity contribution in [3.63, 3.8) is 0 Å². The fraction of sp³-hybridized carbons (Fsp3) is 0.250. The average molecular weight is 336 g/mol. The number of hydrogen-bond donors (Lipinski definition) is 1. The summed E-state index contributed by atoms with van der Waals surface area (Å²) in [5.41, 5.74) is 4.14. The molecule has 0 saturated carbocycles. The van der Waals surface area contributed by atoms with Crippen LogP contribution < -0.4 is 5.43 Å². The number of aromatic nitrogens is 2. The molecule has 1 N–H and O–H groups in total. The maximum atomic E-state index is 12.4. The second-order valence-electron chi connectivity index (χ2n) is 6.07. The van der Waals surface area contributed by atoms with Crippen LogP contribution in [0.4, 0.5) is 0 Å². The lowest BCUT2D eigenvalue weighted by Crippen LogP contribution is -2.17. The van der Waals surface area contributed by atoms with Crippen molar-refractivity contribution in [2.24, 2.45) is 7.05 Å². The van der Waals surface area contributed by atoms with Crippen molar-refractivity contribution >= 4 is 16.9 Å². The number of carboxylic acids is 1. The van der Waals surface area contributed by atoms with Gasteiger partial charge in [0, 0.05) is 30.0 Å². The summed E-state index contributed by atoms with van der Waals surface area (Å²) in [6.45, 7) is 4.15. The standard InChI is InChI=1S/C20H20N2O3/c1-4-14-8-13(9-15(5-2)21-14)12-6-7-16-18(10-12)22(3)11-17(19(16)23)20(24)25/h6-11H,4-5H2,1-3H3,(H,24,25). The lowest BCUT2D eigenvalue weighted by Gasteiger charge is -2.11. The molecule has 1 aromatic carbocycles. The Labute approximate surface area is 145 Å². The zero-order valence-electron chi connectivity index (χ0n) is 14.5. The molecule has 0 aliphatic heterocycles. The number of carboxylic acid groups (broad SMARTS) is 1. The van der Waals surface area contributed by atoms with Gasteiger partial charge in [0.1, 0.15) is 5.56 Å². The summed E-state index contributed by atoms with van der Waals surface area (Å²) in [5, 5.41) is 9.59. The molecule has 2 aromatic heterocycles. The van der Waals surface area contributed by atoms with Gasteiger partial charge in [-0.25, -0.2) is 4.79 Å². The number of rotatable bonds is 4. The van der Waals surface area contributed by atoms with Crippen molar-refractivity contribution < 1.29 is 9.90 Å². The Hall–Kier alpha value is -2.95. The lowest BCUT2D eigenvalue weighted by atomic mass is 10.0. The minimum Gasteiger partial charge on any atom is -0.477 e. The van der Waals surface area contributed by atoms with Gasteiger partial charge in [0.25, 0.3) is 0 Å².